The van der Waals surface area contributed by atoms with E-state index in [1.165, 1.54) is 4.68 Å². The number of aliphatic hydroxyl groups is 1. The Balaban J connectivity index is 1.93. The molecule has 1 aromatic carbocycles. The lowest BCUT2D eigenvalue weighted by molar-refractivity contribution is -0.116. The van der Waals surface area contributed by atoms with Crippen molar-refractivity contribution in [3.63, 3.8) is 0 Å². The van der Waals surface area contributed by atoms with E-state index in [9.17, 15) is 4.79 Å². The standard InChI is InChI=1S/C15H20N4O2/c1-11-5-6-14(12(2)8-11)16-15(21)10-19-9-13(17-18-19)4-3-7-20/h5-6,8-9,20H,3-4,7,10H2,1-2H3,(H,16,21). The van der Waals surface area contributed by atoms with E-state index in [2.05, 4.69) is 15.6 Å². The number of carbonyl (C=O) groups excluding carboxylic acids is 1. The molecule has 0 spiro atoms. The van der Waals surface area contributed by atoms with Crippen LogP contribution in [0.15, 0.2) is 24.4 Å². The normalized spacial score (nSPS) is 10.6. The van der Waals surface area contributed by atoms with E-state index in [4.69, 9.17) is 5.11 Å². The van der Waals surface area contributed by atoms with E-state index in [0.29, 0.717) is 12.8 Å². The molecule has 6 nitrogen and oxygen atoms in total. The minimum atomic E-state index is -0.138. The molecule has 112 valence electrons. The van der Waals surface area contributed by atoms with Gasteiger partial charge in [-0.15, -0.1) is 5.10 Å². The largest absolute Gasteiger partial charge is 0.396 e. The average molecular weight is 288 g/mol. The summed E-state index contributed by atoms with van der Waals surface area (Å²) >= 11 is 0. The van der Waals surface area contributed by atoms with Crippen molar-refractivity contribution in [2.45, 2.75) is 33.2 Å². The van der Waals surface area contributed by atoms with Gasteiger partial charge >= 0.3 is 0 Å². The first-order valence-electron chi connectivity index (χ1n) is 6.95. The predicted octanol–water partition coefficient (Wildman–Crippen LogP) is 1.46. The first-order valence-corrected chi connectivity index (χ1v) is 6.95. The third-order valence-corrected chi connectivity index (χ3v) is 3.14. The number of aliphatic hydroxyl groups excluding tert-OH is 1. The third kappa shape index (κ3) is 4.39. The van der Waals surface area contributed by atoms with Crippen molar-refractivity contribution in [2.75, 3.05) is 11.9 Å². The Hall–Kier alpha value is -2.21. The zero-order valence-corrected chi connectivity index (χ0v) is 12.3. The molecule has 1 amide bonds. The number of hydrogen-bond acceptors (Lipinski definition) is 4. The van der Waals surface area contributed by atoms with Gasteiger partial charge in [0, 0.05) is 18.5 Å². The number of amides is 1. The Morgan fingerprint density at radius 3 is 2.90 bits per heavy atom. The van der Waals surface area contributed by atoms with Crippen LogP contribution in [0, 0.1) is 13.8 Å². The molecule has 21 heavy (non-hydrogen) atoms. The molecule has 0 atom stereocenters. The van der Waals surface area contributed by atoms with Crippen molar-refractivity contribution in [3.05, 3.63) is 41.2 Å². The number of hydrogen-bond donors (Lipinski definition) is 2. The van der Waals surface area contributed by atoms with Gasteiger partial charge in [-0.05, 0) is 38.3 Å². The van der Waals surface area contributed by atoms with Gasteiger partial charge in [-0.25, -0.2) is 4.68 Å². The molecular weight excluding hydrogens is 268 g/mol. The second kappa shape index (κ2) is 6.99. The molecule has 0 radical (unpaired) electrons. The molecule has 0 aliphatic rings. The van der Waals surface area contributed by atoms with Gasteiger partial charge in [0.05, 0.1) is 5.69 Å². The van der Waals surface area contributed by atoms with E-state index in [1.807, 2.05) is 32.0 Å². The highest BCUT2D eigenvalue weighted by Gasteiger charge is 2.08. The van der Waals surface area contributed by atoms with Crippen molar-refractivity contribution < 1.29 is 9.90 Å². The van der Waals surface area contributed by atoms with E-state index >= 15 is 0 Å². The summed E-state index contributed by atoms with van der Waals surface area (Å²) < 4.78 is 1.51. The smallest absolute Gasteiger partial charge is 0.246 e. The number of nitrogens with one attached hydrogen (secondary N) is 1. The molecule has 1 aromatic heterocycles. The quantitative estimate of drug-likeness (QED) is 0.843. The van der Waals surface area contributed by atoms with E-state index < -0.39 is 0 Å². The van der Waals surface area contributed by atoms with Gasteiger partial charge in [0.25, 0.3) is 0 Å². The fraction of sp³-hybridized carbons (Fsp3) is 0.400. The van der Waals surface area contributed by atoms with Crippen molar-refractivity contribution in [2.24, 2.45) is 0 Å². The van der Waals surface area contributed by atoms with E-state index in [0.717, 1.165) is 22.5 Å². The lowest BCUT2D eigenvalue weighted by atomic mass is 10.1. The van der Waals surface area contributed by atoms with Crippen LogP contribution < -0.4 is 5.32 Å². The third-order valence-electron chi connectivity index (χ3n) is 3.14. The fourth-order valence-corrected chi connectivity index (χ4v) is 2.08. The molecule has 2 N–H and O–H groups in total. The fourth-order valence-electron chi connectivity index (χ4n) is 2.08. The first kappa shape index (κ1) is 15.2. The monoisotopic (exact) mass is 288 g/mol. The van der Waals surface area contributed by atoms with Crippen LogP contribution in [0.3, 0.4) is 0 Å². The number of anilines is 1. The second-order valence-corrected chi connectivity index (χ2v) is 5.10. The second-order valence-electron chi connectivity index (χ2n) is 5.10. The van der Waals surface area contributed by atoms with Gasteiger partial charge in [0.2, 0.25) is 5.91 Å². The van der Waals surface area contributed by atoms with Crippen LogP contribution in [0.2, 0.25) is 0 Å². The summed E-state index contributed by atoms with van der Waals surface area (Å²) in [6, 6.07) is 5.89. The van der Waals surface area contributed by atoms with Crippen molar-refractivity contribution in [1.82, 2.24) is 15.0 Å². The predicted molar refractivity (Wildman–Crippen MR) is 80.0 cm³/mol. The van der Waals surface area contributed by atoms with Crippen LogP contribution in [0.4, 0.5) is 5.69 Å². The Bertz CT molecular complexity index is 622. The lowest BCUT2D eigenvalue weighted by Crippen LogP contribution is -2.19. The summed E-state index contributed by atoms with van der Waals surface area (Å²) in [5.41, 5.74) is 3.79. The zero-order valence-electron chi connectivity index (χ0n) is 12.3. The molecule has 0 fully saturated rings. The highest BCUT2D eigenvalue weighted by Crippen LogP contribution is 2.15. The van der Waals surface area contributed by atoms with Gasteiger partial charge in [-0.1, -0.05) is 22.9 Å². The number of rotatable bonds is 6. The number of carbonyl (C=O) groups is 1. The maximum absolute atomic E-state index is 12.0. The summed E-state index contributed by atoms with van der Waals surface area (Å²) in [6.07, 6.45) is 3.04. The summed E-state index contributed by atoms with van der Waals surface area (Å²) in [5, 5.41) is 19.5. The Morgan fingerprint density at radius 1 is 1.38 bits per heavy atom. The minimum Gasteiger partial charge on any atom is -0.396 e. The summed E-state index contributed by atoms with van der Waals surface area (Å²) in [5.74, 6) is -0.138. The Morgan fingerprint density at radius 2 is 2.19 bits per heavy atom. The summed E-state index contributed by atoms with van der Waals surface area (Å²) in [4.78, 5) is 12.0. The van der Waals surface area contributed by atoms with Crippen LogP contribution in [0.25, 0.3) is 0 Å². The molecule has 0 aliphatic heterocycles. The molecule has 0 unspecified atom stereocenters. The molecule has 0 bridgehead atoms. The van der Waals surface area contributed by atoms with Crippen LogP contribution in [-0.2, 0) is 17.8 Å². The molecule has 1 heterocycles. The van der Waals surface area contributed by atoms with Crippen LogP contribution in [-0.4, -0.2) is 32.6 Å². The molecular formula is C15H20N4O2. The van der Waals surface area contributed by atoms with Gasteiger partial charge in [0.15, 0.2) is 0 Å². The highest BCUT2D eigenvalue weighted by molar-refractivity contribution is 5.91. The number of aromatic nitrogens is 3. The van der Waals surface area contributed by atoms with Crippen molar-refractivity contribution >= 4 is 11.6 Å². The number of benzene rings is 1. The van der Waals surface area contributed by atoms with Gasteiger partial charge in [-0.3, -0.25) is 4.79 Å². The van der Waals surface area contributed by atoms with Crippen molar-refractivity contribution in [3.8, 4) is 0 Å². The molecule has 2 aromatic rings. The minimum absolute atomic E-state index is 0.124. The number of nitrogens with zero attached hydrogens (tertiary/aromatic N) is 3. The van der Waals surface area contributed by atoms with Crippen LogP contribution in [0.5, 0.6) is 0 Å². The van der Waals surface area contributed by atoms with Gasteiger partial charge < -0.3 is 10.4 Å². The van der Waals surface area contributed by atoms with E-state index in [1.54, 1.807) is 6.20 Å². The van der Waals surface area contributed by atoms with Gasteiger partial charge in [0.1, 0.15) is 6.54 Å². The topological polar surface area (TPSA) is 80.0 Å². The Kier molecular flexibility index (Phi) is 5.05. The maximum Gasteiger partial charge on any atom is 0.246 e. The maximum atomic E-state index is 12.0. The van der Waals surface area contributed by atoms with Crippen molar-refractivity contribution in [1.29, 1.82) is 0 Å². The highest BCUT2D eigenvalue weighted by atomic mass is 16.2. The SMILES string of the molecule is Cc1ccc(NC(=O)Cn2cc(CCCO)nn2)c(C)c1. The van der Waals surface area contributed by atoms with Crippen LogP contribution >= 0.6 is 0 Å². The molecule has 0 saturated heterocycles. The summed E-state index contributed by atoms with van der Waals surface area (Å²) in [6.45, 7) is 4.23. The van der Waals surface area contributed by atoms with Gasteiger partial charge in [-0.2, -0.15) is 0 Å². The van der Waals surface area contributed by atoms with Crippen LogP contribution in [0.1, 0.15) is 23.2 Å². The molecule has 6 heteroatoms. The van der Waals surface area contributed by atoms with E-state index in [-0.39, 0.29) is 19.1 Å². The lowest BCUT2D eigenvalue weighted by Gasteiger charge is -2.08. The first-order chi connectivity index (χ1) is 10.1. The molecule has 0 saturated carbocycles. The average Bonchev–Trinajstić information content (AvgIpc) is 2.87. The summed E-state index contributed by atoms with van der Waals surface area (Å²) in [7, 11) is 0. The molecule has 2 rings (SSSR count). The zero-order chi connectivity index (χ0) is 15.2. The Labute approximate surface area is 123 Å². The number of aryl methyl sites for hydroxylation is 3. The molecule has 0 aliphatic carbocycles.